The molecule has 4 rings (SSSR count). The minimum atomic E-state index is -0.936. The Balaban J connectivity index is 1.48. The number of aromatic nitrogens is 1. The first-order valence-corrected chi connectivity index (χ1v) is 9.34. The molecule has 1 heterocycles. The van der Waals surface area contributed by atoms with Gasteiger partial charge in [0.05, 0.1) is 5.41 Å². The third kappa shape index (κ3) is 3.69. The maximum Gasteiger partial charge on any atom is 0.313 e. The number of aliphatic carboxylic acids is 1. The lowest BCUT2D eigenvalue weighted by Gasteiger charge is -2.23. The van der Waals surface area contributed by atoms with E-state index in [4.69, 9.17) is 4.42 Å². The normalized spacial score (nSPS) is 18.8. The summed E-state index contributed by atoms with van der Waals surface area (Å²) in [6.07, 6.45) is 6.63. The van der Waals surface area contributed by atoms with Crippen molar-refractivity contribution >= 4 is 28.3 Å². The third-order valence-electron chi connectivity index (χ3n) is 5.06. The molecule has 0 bridgehead atoms. The summed E-state index contributed by atoms with van der Waals surface area (Å²) in [6, 6.07) is 16.2. The molecule has 0 amide bonds. The van der Waals surface area contributed by atoms with E-state index in [0.29, 0.717) is 17.9 Å². The summed E-state index contributed by atoms with van der Waals surface area (Å²) in [5, 5.41) is 12.9. The summed E-state index contributed by atoms with van der Waals surface area (Å²) in [6.45, 7) is 2.53. The molecule has 1 aromatic heterocycles. The Kier molecular flexibility index (Phi) is 4.74. The molecule has 28 heavy (non-hydrogen) atoms. The molecule has 0 aliphatic heterocycles. The summed E-state index contributed by atoms with van der Waals surface area (Å²) in [5.41, 5.74) is 3.57. The van der Waals surface area contributed by atoms with Crippen LogP contribution in [0.25, 0.3) is 16.7 Å². The zero-order valence-corrected chi connectivity index (χ0v) is 15.7. The van der Waals surface area contributed by atoms with Crippen LogP contribution in [-0.2, 0) is 11.2 Å². The van der Waals surface area contributed by atoms with Gasteiger partial charge in [0.1, 0.15) is 5.52 Å². The van der Waals surface area contributed by atoms with Crippen molar-refractivity contribution in [2.24, 2.45) is 5.41 Å². The Labute approximate surface area is 163 Å². The highest BCUT2D eigenvalue weighted by molar-refractivity contribution is 5.84. The number of nitrogens with one attached hydrogen (secondary N) is 1. The number of nitrogens with zero attached hydrogens (tertiary/aromatic N) is 1. The van der Waals surface area contributed by atoms with Gasteiger partial charge in [-0.1, -0.05) is 48.6 Å². The number of allylic oxidation sites excluding steroid dienone is 3. The first-order chi connectivity index (χ1) is 13.5. The predicted octanol–water partition coefficient (Wildman–Crippen LogP) is 4.92. The van der Waals surface area contributed by atoms with Crippen molar-refractivity contribution in [3.05, 3.63) is 78.2 Å². The van der Waals surface area contributed by atoms with Gasteiger partial charge in [-0.2, -0.15) is 0 Å². The first-order valence-electron chi connectivity index (χ1n) is 9.34. The highest BCUT2D eigenvalue weighted by Crippen LogP contribution is 2.37. The molecule has 0 saturated carbocycles. The molecule has 3 aromatic rings. The molecule has 2 aromatic carbocycles. The van der Waals surface area contributed by atoms with E-state index < -0.39 is 11.4 Å². The number of oxazole rings is 1. The van der Waals surface area contributed by atoms with Gasteiger partial charge in [0, 0.05) is 23.9 Å². The van der Waals surface area contributed by atoms with Crippen LogP contribution in [0.15, 0.2) is 71.2 Å². The van der Waals surface area contributed by atoms with Crippen LogP contribution in [0.1, 0.15) is 24.8 Å². The van der Waals surface area contributed by atoms with E-state index in [0.717, 1.165) is 29.7 Å². The van der Waals surface area contributed by atoms with E-state index >= 15 is 0 Å². The van der Waals surface area contributed by atoms with E-state index in [-0.39, 0.29) is 0 Å². The molecule has 1 aliphatic rings. The predicted molar refractivity (Wildman–Crippen MR) is 110 cm³/mol. The van der Waals surface area contributed by atoms with Gasteiger partial charge in [-0.25, -0.2) is 4.98 Å². The van der Waals surface area contributed by atoms with Gasteiger partial charge in [-0.05, 0) is 37.5 Å². The summed E-state index contributed by atoms with van der Waals surface area (Å²) in [7, 11) is 0. The third-order valence-corrected chi connectivity index (χ3v) is 5.06. The van der Waals surface area contributed by atoms with Crippen LogP contribution < -0.4 is 5.32 Å². The quantitative estimate of drug-likeness (QED) is 0.641. The molecule has 5 nitrogen and oxygen atoms in total. The molecule has 2 N–H and O–H groups in total. The largest absolute Gasteiger partial charge is 0.481 e. The summed E-state index contributed by atoms with van der Waals surface area (Å²) in [5.74, 6) is -0.372. The molecule has 0 fully saturated rings. The van der Waals surface area contributed by atoms with Crippen LogP contribution in [0.3, 0.4) is 0 Å². The maximum atomic E-state index is 11.5. The van der Waals surface area contributed by atoms with Gasteiger partial charge in [0.25, 0.3) is 0 Å². The Hall–Kier alpha value is -3.34. The van der Waals surface area contributed by atoms with Crippen molar-refractivity contribution in [3.63, 3.8) is 0 Å². The van der Waals surface area contributed by atoms with Crippen molar-refractivity contribution in [2.75, 3.05) is 11.9 Å². The summed E-state index contributed by atoms with van der Waals surface area (Å²) in [4.78, 5) is 16.1. The number of carbonyl (C=O) groups is 1. The molecule has 0 radical (unpaired) electrons. The molecular weight excluding hydrogens is 352 g/mol. The first kappa shape index (κ1) is 18.0. The number of rotatable bonds is 6. The minimum absolute atomic E-state index is 0.355. The Morgan fingerprint density at radius 3 is 2.86 bits per heavy atom. The average molecular weight is 374 g/mol. The van der Waals surface area contributed by atoms with Gasteiger partial charge in [0.2, 0.25) is 5.89 Å². The summed E-state index contributed by atoms with van der Waals surface area (Å²) >= 11 is 0. The molecule has 0 saturated heterocycles. The van der Waals surface area contributed by atoms with E-state index in [1.54, 1.807) is 19.1 Å². The van der Waals surface area contributed by atoms with Crippen molar-refractivity contribution in [3.8, 4) is 0 Å². The van der Waals surface area contributed by atoms with Crippen LogP contribution in [0.2, 0.25) is 0 Å². The number of anilines is 1. The van der Waals surface area contributed by atoms with Crippen molar-refractivity contribution in [1.82, 2.24) is 4.98 Å². The molecule has 5 heteroatoms. The van der Waals surface area contributed by atoms with E-state index in [1.807, 2.05) is 42.5 Å². The molecule has 0 spiro atoms. The molecule has 1 atom stereocenters. The van der Waals surface area contributed by atoms with Gasteiger partial charge < -0.3 is 14.8 Å². The second kappa shape index (κ2) is 7.35. The molecular formula is C23H22N2O3. The number of benzene rings is 2. The highest BCUT2D eigenvalue weighted by atomic mass is 16.4. The SMILES string of the molecule is CC1(C(=O)O)C=CC=C(c2nc3ccc(NCCc4ccccc4)cc3o2)C1. The Morgan fingerprint density at radius 2 is 2.07 bits per heavy atom. The fraction of sp³-hybridized carbons (Fsp3) is 0.217. The number of hydrogen-bond acceptors (Lipinski definition) is 4. The van der Waals surface area contributed by atoms with Crippen LogP contribution in [0.4, 0.5) is 5.69 Å². The van der Waals surface area contributed by atoms with E-state index in [1.165, 1.54) is 5.56 Å². The minimum Gasteiger partial charge on any atom is -0.481 e. The van der Waals surface area contributed by atoms with E-state index in [2.05, 4.69) is 22.4 Å². The fourth-order valence-electron chi connectivity index (χ4n) is 3.35. The highest BCUT2D eigenvalue weighted by Gasteiger charge is 2.34. The van der Waals surface area contributed by atoms with Crippen molar-refractivity contribution in [2.45, 2.75) is 19.8 Å². The number of carboxylic acids is 1. The second-order valence-electron chi connectivity index (χ2n) is 7.31. The van der Waals surface area contributed by atoms with Gasteiger partial charge in [0.15, 0.2) is 5.58 Å². The zero-order valence-electron chi connectivity index (χ0n) is 15.7. The lowest BCUT2D eigenvalue weighted by atomic mass is 9.80. The fourth-order valence-corrected chi connectivity index (χ4v) is 3.35. The zero-order chi connectivity index (χ0) is 19.6. The molecule has 1 aliphatic carbocycles. The smallest absolute Gasteiger partial charge is 0.313 e. The molecule has 1 unspecified atom stereocenters. The topological polar surface area (TPSA) is 75.4 Å². The monoisotopic (exact) mass is 374 g/mol. The van der Waals surface area contributed by atoms with Crippen LogP contribution in [0, 0.1) is 5.41 Å². The van der Waals surface area contributed by atoms with Crippen molar-refractivity contribution < 1.29 is 14.3 Å². The van der Waals surface area contributed by atoms with Crippen molar-refractivity contribution in [1.29, 1.82) is 0 Å². The Bertz CT molecular complexity index is 1070. The van der Waals surface area contributed by atoms with Crippen LogP contribution >= 0.6 is 0 Å². The lowest BCUT2D eigenvalue weighted by Crippen LogP contribution is -2.26. The van der Waals surface area contributed by atoms with Crippen LogP contribution in [0.5, 0.6) is 0 Å². The number of hydrogen-bond donors (Lipinski definition) is 2. The Morgan fingerprint density at radius 1 is 1.25 bits per heavy atom. The van der Waals surface area contributed by atoms with Crippen LogP contribution in [-0.4, -0.2) is 22.6 Å². The van der Waals surface area contributed by atoms with E-state index in [9.17, 15) is 9.90 Å². The lowest BCUT2D eigenvalue weighted by molar-refractivity contribution is -0.144. The number of carboxylic acid groups (broad SMARTS) is 1. The average Bonchev–Trinajstić information content (AvgIpc) is 3.12. The van der Waals surface area contributed by atoms with Gasteiger partial charge >= 0.3 is 5.97 Å². The van der Waals surface area contributed by atoms with Gasteiger partial charge in [-0.15, -0.1) is 0 Å². The van der Waals surface area contributed by atoms with Gasteiger partial charge in [-0.3, -0.25) is 4.79 Å². The summed E-state index contributed by atoms with van der Waals surface area (Å²) < 4.78 is 5.94. The second-order valence-corrected chi connectivity index (χ2v) is 7.31. The molecule has 142 valence electrons. The number of fused-ring (bicyclic) bond motifs is 1. The standard InChI is InChI=1S/C23H22N2O3/c1-23(22(26)27)12-5-8-17(15-23)21-25-19-10-9-18(14-20(19)28-21)24-13-11-16-6-3-2-4-7-16/h2-10,12,14,24H,11,13,15H2,1H3,(H,26,27). The maximum absolute atomic E-state index is 11.5.